The molecule has 2 amide bonds. The zero-order chi connectivity index (χ0) is 31.3. The number of hydrogen-bond acceptors (Lipinski definition) is 6. The molecule has 2 aromatic carbocycles. The van der Waals surface area contributed by atoms with E-state index in [-0.39, 0.29) is 18.9 Å². The van der Waals surface area contributed by atoms with Crippen molar-refractivity contribution in [2.75, 3.05) is 23.4 Å². The lowest BCUT2D eigenvalue weighted by Gasteiger charge is -2.28. The predicted octanol–water partition coefficient (Wildman–Crippen LogP) is 5.46. The average molecular weight is 609 g/mol. The van der Waals surface area contributed by atoms with Crippen LogP contribution in [0.2, 0.25) is 0 Å². The third-order valence-corrected chi connectivity index (χ3v) is 9.42. The molecule has 4 atom stereocenters. The van der Waals surface area contributed by atoms with Gasteiger partial charge in [-0.15, -0.1) is 0 Å². The number of carbonyl (C=O) groups excluding carboxylic acids is 2. The molecule has 2 bridgehead atoms. The van der Waals surface area contributed by atoms with Crippen molar-refractivity contribution in [3.8, 4) is 22.3 Å². The maximum Gasteiger partial charge on any atom is 0.258 e. The van der Waals surface area contributed by atoms with Crippen molar-refractivity contribution in [3.05, 3.63) is 83.8 Å². The smallest absolute Gasteiger partial charge is 0.258 e. The van der Waals surface area contributed by atoms with Crippen molar-refractivity contribution in [2.45, 2.75) is 69.8 Å². The zero-order valence-electron chi connectivity index (χ0n) is 25.6. The molecule has 2 aromatic heterocycles. The largest absolute Gasteiger partial charge is 0.374 e. The van der Waals surface area contributed by atoms with E-state index in [0.717, 1.165) is 64.6 Å². The molecular weight excluding hydrogens is 571 g/mol. The van der Waals surface area contributed by atoms with Gasteiger partial charge in [-0.3, -0.25) is 14.7 Å². The van der Waals surface area contributed by atoms with Crippen LogP contribution in [0.15, 0.2) is 66.9 Å². The van der Waals surface area contributed by atoms with E-state index in [4.69, 9.17) is 4.74 Å². The number of amides is 2. The molecule has 3 N–H and O–H groups in total. The lowest BCUT2D eigenvalue weighted by molar-refractivity contribution is -0.131. The minimum Gasteiger partial charge on any atom is -0.374 e. The number of hydrogen-bond donors (Lipinski definition) is 3. The number of ether oxygens (including phenoxy) is 1. The van der Waals surface area contributed by atoms with E-state index in [9.17, 15) is 14.0 Å². The summed E-state index contributed by atoms with van der Waals surface area (Å²) in [5.74, 6) is -0.673. The Kier molecular flexibility index (Phi) is 7.40. The van der Waals surface area contributed by atoms with Crippen molar-refractivity contribution in [1.82, 2.24) is 20.5 Å². The molecule has 232 valence electrons. The van der Waals surface area contributed by atoms with Crippen LogP contribution >= 0.6 is 0 Å². The molecule has 9 nitrogen and oxygen atoms in total. The summed E-state index contributed by atoms with van der Waals surface area (Å²) in [4.78, 5) is 33.6. The van der Waals surface area contributed by atoms with E-state index >= 15 is 0 Å². The van der Waals surface area contributed by atoms with Crippen LogP contribution < -0.4 is 15.5 Å². The fraction of sp³-hybridized carbons (Fsp3) is 0.371. The number of pyridine rings is 1. The van der Waals surface area contributed by atoms with Crippen LogP contribution in [0.3, 0.4) is 0 Å². The van der Waals surface area contributed by atoms with Gasteiger partial charge < -0.3 is 20.3 Å². The predicted molar refractivity (Wildman–Crippen MR) is 171 cm³/mol. The van der Waals surface area contributed by atoms with E-state index in [0.29, 0.717) is 11.7 Å². The van der Waals surface area contributed by atoms with Gasteiger partial charge in [0.1, 0.15) is 11.9 Å². The van der Waals surface area contributed by atoms with Crippen LogP contribution in [0.4, 0.5) is 15.9 Å². The van der Waals surface area contributed by atoms with E-state index in [1.165, 1.54) is 0 Å². The number of halogens is 1. The van der Waals surface area contributed by atoms with Crippen LogP contribution in [0, 0.1) is 13.8 Å². The Morgan fingerprint density at radius 1 is 1.07 bits per heavy atom. The molecule has 1 saturated carbocycles. The molecule has 0 radical (unpaired) electrons. The molecule has 4 aromatic rings. The topological polar surface area (TPSA) is 112 Å². The Labute approximate surface area is 261 Å². The first-order valence-electron chi connectivity index (χ1n) is 15.6. The third-order valence-electron chi connectivity index (χ3n) is 9.42. The highest BCUT2D eigenvalue weighted by atomic mass is 19.1. The number of nitrogens with zero attached hydrogens (tertiary/aromatic N) is 3. The summed E-state index contributed by atoms with van der Waals surface area (Å²) in [6.07, 6.45) is 3.45. The number of alkyl halides is 1. The first-order chi connectivity index (χ1) is 21.7. The maximum absolute atomic E-state index is 14.8. The molecule has 7 rings (SSSR count). The highest BCUT2D eigenvalue weighted by molar-refractivity contribution is 5.99. The summed E-state index contributed by atoms with van der Waals surface area (Å²) in [6, 6.07) is 18.8. The van der Waals surface area contributed by atoms with Gasteiger partial charge in [0, 0.05) is 35.6 Å². The second kappa shape index (κ2) is 11.4. The number of aromatic amines is 1. The number of benzene rings is 2. The SMILES string of the molecule is Cc1n[nH]c(C)c1-c1ccc(NC(=O)[C@H](NC(=O)C2(F)CC2)[C@H](C)c2cccc(-c3ccnc(N4C[C@@H]5C[C@H]4CO5)c3)c2)cc1. The second-order valence-electron chi connectivity index (χ2n) is 12.6. The van der Waals surface area contributed by atoms with Crippen molar-refractivity contribution in [2.24, 2.45) is 0 Å². The number of fused-ring (bicyclic) bond motifs is 2. The quantitative estimate of drug-likeness (QED) is 0.233. The standard InChI is InChI=1S/C35H37FN6O3/c1-20(24-5-4-6-25(15-24)26-11-14-37-30(16-26)42-18-29-17-28(42)19-45-29)32(39-34(44)35(36)12-13-35)33(43)38-27-9-7-23(8-10-27)31-21(2)40-41-22(31)3/h4-11,14-16,20,28-29,32H,12-13,17-19H2,1-3H3,(H,38,43)(H,39,44)(H,40,41)/t20-,28+,29+,32-/m1/s1. The van der Waals surface area contributed by atoms with E-state index < -0.39 is 29.4 Å². The Balaban J connectivity index is 1.12. The van der Waals surface area contributed by atoms with Crippen molar-refractivity contribution >= 4 is 23.3 Å². The van der Waals surface area contributed by atoms with Crippen LogP contribution in [0.1, 0.15) is 49.1 Å². The molecule has 2 saturated heterocycles. The van der Waals surface area contributed by atoms with Gasteiger partial charge >= 0.3 is 0 Å². The number of morpholine rings is 1. The Morgan fingerprint density at radius 2 is 1.84 bits per heavy atom. The van der Waals surface area contributed by atoms with Crippen molar-refractivity contribution in [1.29, 1.82) is 0 Å². The number of anilines is 2. The lowest BCUT2D eigenvalue weighted by atomic mass is 9.90. The molecule has 4 heterocycles. The fourth-order valence-corrected chi connectivity index (χ4v) is 6.57. The first kappa shape index (κ1) is 29.2. The number of aryl methyl sites for hydroxylation is 2. The molecule has 1 aliphatic carbocycles. The molecule has 0 spiro atoms. The van der Waals surface area contributed by atoms with Crippen LogP contribution in [-0.2, 0) is 14.3 Å². The van der Waals surface area contributed by atoms with Gasteiger partial charge in [0.15, 0.2) is 5.67 Å². The summed E-state index contributed by atoms with van der Waals surface area (Å²) < 4.78 is 20.6. The average Bonchev–Trinajstić information content (AvgIpc) is 3.33. The Morgan fingerprint density at radius 3 is 2.51 bits per heavy atom. The zero-order valence-corrected chi connectivity index (χ0v) is 25.6. The van der Waals surface area contributed by atoms with Gasteiger partial charge in [0.2, 0.25) is 5.91 Å². The summed E-state index contributed by atoms with van der Waals surface area (Å²) in [5.41, 5.74) is 5.35. The molecule has 10 heteroatoms. The molecule has 3 aliphatic rings. The second-order valence-corrected chi connectivity index (χ2v) is 12.6. The van der Waals surface area contributed by atoms with Crippen LogP contribution in [0.25, 0.3) is 22.3 Å². The van der Waals surface area contributed by atoms with Crippen molar-refractivity contribution in [3.63, 3.8) is 0 Å². The number of aromatic nitrogens is 3. The normalized spacial score (nSPS) is 20.9. The van der Waals surface area contributed by atoms with Gasteiger partial charge in [-0.2, -0.15) is 5.10 Å². The van der Waals surface area contributed by atoms with Crippen molar-refractivity contribution < 1.29 is 18.7 Å². The minimum absolute atomic E-state index is 0.167. The summed E-state index contributed by atoms with van der Waals surface area (Å²) >= 11 is 0. The molecule has 3 fully saturated rings. The summed E-state index contributed by atoms with van der Waals surface area (Å²) in [6.45, 7) is 7.36. The van der Waals surface area contributed by atoms with Crippen LogP contribution in [0.5, 0.6) is 0 Å². The summed E-state index contributed by atoms with van der Waals surface area (Å²) in [7, 11) is 0. The molecule has 2 aliphatic heterocycles. The fourth-order valence-electron chi connectivity index (χ4n) is 6.57. The van der Waals surface area contributed by atoms with E-state index in [1.807, 2.05) is 81.6 Å². The lowest BCUT2D eigenvalue weighted by Crippen LogP contribution is -2.50. The molecule has 45 heavy (non-hydrogen) atoms. The monoisotopic (exact) mass is 608 g/mol. The Bertz CT molecular complexity index is 1730. The van der Waals surface area contributed by atoms with Gasteiger partial charge in [0.25, 0.3) is 5.91 Å². The number of carbonyl (C=O) groups is 2. The van der Waals surface area contributed by atoms with E-state index in [2.05, 4.69) is 36.8 Å². The van der Waals surface area contributed by atoms with Gasteiger partial charge in [-0.25, -0.2) is 9.37 Å². The highest BCUT2D eigenvalue weighted by Gasteiger charge is 2.52. The number of H-pyrrole nitrogens is 1. The number of nitrogens with one attached hydrogen (secondary N) is 3. The highest BCUT2D eigenvalue weighted by Crippen LogP contribution is 2.40. The van der Waals surface area contributed by atoms with Gasteiger partial charge in [0.05, 0.1) is 24.4 Å². The summed E-state index contributed by atoms with van der Waals surface area (Å²) in [5, 5.41) is 12.9. The van der Waals surface area contributed by atoms with Crippen LogP contribution in [-0.4, -0.2) is 64.0 Å². The first-order valence-corrected chi connectivity index (χ1v) is 15.6. The Hall–Kier alpha value is -4.57. The number of rotatable bonds is 9. The minimum atomic E-state index is -1.91. The van der Waals surface area contributed by atoms with Gasteiger partial charge in [-0.1, -0.05) is 43.3 Å². The molecule has 0 unspecified atom stereocenters. The molecular formula is C35H37FN6O3. The maximum atomic E-state index is 14.8. The third kappa shape index (κ3) is 5.70. The van der Waals surface area contributed by atoms with Gasteiger partial charge in [-0.05, 0) is 79.6 Å². The van der Waals surface area contributed by atoms with E-state index in [1.54, 1.807) is 0 Å².